The van der Waals surface area contributed by atoms with E-state index in [4.69, 9.17) is 18.9 Å². The van der Waals surface area contributed by atoms with E-state index < -0.39 is 24.3 Å². The van der Waals surface area contributed by atoms with Crippen molar-refractivity contribution in [2.75, 3.05) is 47.5 Å². The zero-order chi connectivity index (χ0) is 54.8. The summed E-state index contributed by atoms with van der Waals surface area (Å²) in [4.78, 5) is 37.4. The SMILES string of the molecule is CCCCCCC/C=C\C/C=C\CCCCCCCCCCCCCCCC(=O)OCC(COC(OCC[N+](C)(C)C)C(=O)[O-])OC(=O)CCCCCCCCCCCCCCC/C=C\C/C=C\CCCCCCC. The van der Waals surface area contributed by atoms with Gasteiger partial charge in [-0.05, 0) is 77.0 Å². The molecule has 0 radical (unpaired) electrons. The summed E-state index contributed by atoms with van der Waals surface area (Å²) >= 11 is 0. The van der Waals surface area contributed by atoms with E-state index in [2.05, 4.69) is 62.5 Å². The second-order valence-electron chi connectivity index (χ2n) is 22.7. The summed E-state index contributed by atoms with van der Waals surface area (Å²) in [6, 6.07) is 0. The number of aliphatic carboxylic acids is 1. The summed E-state index contributed by atoms with van der Waals surface area (Å²) in [6.45, 7) is 4.77. The van der Waals surface area contributed by atoms with Crippen molar-refractivity contribution in [1.29, 1.82) is 0 Å². The monoisotopic (exact) mass is 1060 g/mol. The van der Waals surface area contributed by atoms with Crippen molar-refractivity contribution in [2.24, 2.45) is 0 Å². The number of allylic oxidation sites excluding steroid dienone is 8. The number of carbonyl (C=O) groups excluding carboxylic acids is 3. The molecule has 0 N–H and O–H groups in total. The van der Waals surface area contributed by atoms with E-state index in [1.54, 1.807) is 0 Å². The molecule has 0 amide bonds. The second-order valence-corrected chi connectivity index (χ2v) is 22.7. The Kier molecular flexibility index (Phi) is 55.3. The van der Waals surface area contributed by atoms with Crippen LogP contribution in [0.5, 0.6) is 0 Å². The average molecular weight is 1060 g/mol. The van der Waals surface area contributed by atoms with Crippen molar-refractivity contribution < 1.29 is 42.9 Å². The highest BCUT2D eigenvalue weighted by molar-refractivity contribution is 5.70. The highest BCUT2D eigenvalue weighted by Gasteiger charge is 2.22. The van der Waals surface area contributed by atoms with Crippen LogP contribution >= 0.6 is 0 Å². The van der Waals surface area contributed by atoms with E-state index >= 15 is 0 Å². The Labute approximate surface area is 463 Å². The van der Waals surface area contributed by atoms with Gasteiger partial charge < -0.3 is 33.3 Å². The van der Waals surface area contributed by atoms with Gasteiger partial charge in [-0.15, -0.1) is 0 Å². The van der Waals surface area contributed by atoms with Gasteiger partial charge in [-0.1, -0.05) is 255 Å². The van der Waals surface area contributed by atoms with Crippen LogP contribution in [0.25, 0.3) is 0 Å². The molecule has 0 spiro atoms. The molecule has 0 aliphatic heterocycles. The lowest BCUT2D eigenvalue weighted by Gasteiger charge is -2.26. The molecule has 75 heavy (non-hydrogen) atoms. The van der Waals surface area contributed by atoms with Crippen LogP contribution in [-0.4, -0.2) is 82.3 Å². The smallest absolute Gasteiger partial charge is 0.306 e. The molecule has 0 fully saturated rings. The summed E-state index contributed by atoms with van der Waals surface area (Å²) in [6.07, 6.45) is 68.8. The predicted molar refractivity (Wildman–Crippen MR) is 315 cm³/mol. The summed E-state index contributed by atoms with van der Waals surface area (Å²) in [7, 11) is 5.93. The van der Waals surface area contributed by atoms with Gasteiger partial charge in [0.2, 0.25) is 0 Å². The standard InChI is InChI=1S/C66H121NO8/c1-6-8-10-12-14-16-18-20-22-24-26-28-30-32-34-36-38-40-42-44-46-48-50-52-54-56-63(68)73-60-62(61-74-66(65(70)71)72-59-58-67(3,4)5)75-64(69)57-55-53-51-49-47-45-43-41-39-37-35-33-31-29-27-25-23-21-19-17-15-13-11-9-7-2/h18-21,24-27,62,66H,6-17,22-23,28-61H2,1-5H3/b20-18-,21-19-,26-24-,27-25-. The van der Waals surface area contributed by atoms with Crippen molar-refractivity contribution in [1.82, 2.24) is 0 Å². The number of carboxylic acids is 1. The average Bonchev–Trinajstić information content (AvgIpc) is 3.38. The number of carboxylic acid groups (broad SMARTS) is 1. The molecular formula is C66H121NO8. The minimum Gasteiger partial charge on any atom is -0.545 e. The quantitative estimate of drug-likeness (QED) is 0.0195. The Bertz CT molecular complexity index is 1370. The summed E-state index contributed by atoms with van der Waals surface area (Å²) in [5.41, 5.74) is 0. The largest absolute Gasteiger partial charge is 0.545 e. The molecule has 0 bridgehead atoms. The third-order valence-electron chi connectivity index (χ3n) is 14.0. The number of esters is 2. The summed E-state index contributed by atoms with van der Waals surface area (Å²) < 4.78 is 22.8. The first kappa shape index (κ1) is 72.2. The third kappa shape index (κ3) is 58.8. The zero-order valence-corrected chi connectivity index (χ0v) is 49.9. The van der Waals surface area contributed by atoms with E-state index in [0.717, 1.165) is 44.9 Å². The molecule has 2 unspecified atom stereocenters. The minimum atomic E-state index is -1.62. The summed E-state index contributed by atoms with van der Waals surface area (Å²) in [5.74, 6) is -2.27. The first-order valence-electron chi connectivity index (χ1n) is 31.8. The van der Waals surface area contributed by atoms with Crippen LogP contribution in [-0.2, 0) is 33.3 Å². The molecule has 0 aliphatic carbocycles. The molecule has 2 atom stereocenters. The molecule has 0 aromatic heterocycles. The summed E-state index contributed by atoms with van der Waals surface area (Å²) in [5, 5.41) is 11.8. The van der Waals surface area contributed by atoms with Gasteiger partial charge in [0.25, 0.3) is 0 Å². The van der Waals surface area contributed by atoms with Crippen LogP contribution in [0.4, 0.5) is 0 Å². The Hall–Kier alpha value is -2.75. The van der Waals surface area contributed by atoms with Crippen LogP contribution in [0.3, 0.4) is 0 Å². The Morgan fingerprint density at radius 3 is 1.05 bits per heavy atom. The highest BCUT2D eigenvalue weighted by Crippen LogP contribution is 2.17. The molecule has 0 aliphatic rings. The first-order valence-corrected chi connectivity index (χ1v) is 31.8. The second kappa shape index (κ2) is 57.4. The van der Waals surface area contributed by atoms with E-state index in [-0.39, 0.29) is 32.2 Å². The molecule has 0 heterocycles. The van der Waals surface area contributed by atoms with Crippen molar-refractivity contribution in [3.63, 3.8) is 0 Å². The number of hydrogen-bond donors (Lipinski definition) is 0. The number of nitrogens with zero attached hydrogens (tertiary/aromatic N) is 1. The number of likely N-dealkylation sites (N-methyl/N-ethyl adjacent to an activating group) is 1. The zero-order valence-electron chi connectivity index (χ0n) is 49.9. The molecule has 9 nitrogen and oxygen atoms in total. The van der Waals surface area contributed by atoms with Crippen LogP contribution in [0.1, 0.15) is 296 Å². The number of carbonyl (C=O) groups is 3. The Morgan fingerprint density at radius 1 is 0.400 bits per heavy atom. The highest BCUT2D eigenvalue weighted by atomic mass is 16.7. The molecule has 0 saturated heterocycles. The fourth-order valence-corrected chi connectivity index (χ4v) is 9.13. The van der Waals surface area contributed by atoms with E-state index in [1.165, 1.54) is 218 Å². The normalized spacial score (nSPS) is 13.0. The molecule has 0 saturated carbocycles. The van der Waals surface area contributed by atoms with Gasteiger partial charge in [0.15, 0.2) is 12.4 Å². The number of ether oxygens (including phenoxy) is 4. The predicted octanol–water partition coefficient (Wildman–Crippen LogP) is 17.7. The lowest BCUT2D eigenvalue weighted by atomic mass is 10.0. The number of quaternary nitrogens is 1. The fourth-order valence-electron chi connectivity index (χ4n) is 9.13. The van der Waals surface area contributed by atoms with Crippen LogP contribution in [0.2, 0.25) is 0 Å². The van der Waals surface area contributed by atoms with E-state index in [0.29, 0.717) is 23.9 Å². The lowest BCUT2D eigenvalue weighted by Crippen LogP contribution is -2.44. The van der Waals surface area contributed by atoms with Crippen molar-refractivity contribution >= 4 is 17.9 Å². The van der Waals surface area contributed by atoms with Gasteiger partial charge >= 0.3 is 11.9 Å². The molecule has 0 aromatic rings. The molecule has 0 aromatic carbocycles. The third-order valence-corrected chi connectivity index (χ3v) is 14.0. The topological polar surface area (TPSA) is 111 Å². The maximum absolute atomic E-state index is 12.9. The number of rotatable bonds is 59. The fraction of sp³-hybridized carbons (Fsp3) is 0.833. The minimum absolute atomic E-state index is 0.148. The Balaban J connectivity index is 4.17. The van der Waals surface area contributed by atoms with E-state index in [9.17, 15) is 19.5 Å². The van der Waals surface area contributed by atoms with Crippen LogP contribution < -0.4 is 5.11 Å². The maximum atomic E-state index is 12.9. The Morgan fingerprint density at radius 2 is 0.720 bits per heavy atom. The van der Waals surface area contributed by atoms with Gasteiger partial charge in [0, 0.05) is 12.8 Å². The van der Waals surface area contributed by atoms with Gasteiger partial charge in [-0.3, -0.25) is 9.59 Å². The van der Waals surface area contributed by atoms with Crippen LogP contribution in [0.15, 0.2) is 48.6 Å². The van der Waals surface area contributed by atoms with Gasteiger partial charge in [-0.25, -0.2) is 0 Å². The molecule has 9 heteroatoms. The number of hydrogen-bond acceptors (Lipinski definition) is 8. The molecule has 0 rings (SSSR count). The maximum Gasteiger partial charge on any atom is 0.306 e. The molecule has 438 valence electrons. The number of unbranched alkanes of at least 4 members (excludes halogenated alkanes) is 36. The van der Waals surface area contributed by atoms with Crippen molar-refractivity contribution in [3.8, 4) is 0 Å². The molecular weight excluding hydrogens is 935 g/mol. The van der Waals surface area contributed by atoms with E-state index in [1.807, 2.05) is 21.1 Å². The first-order chi connectivity index (χ1) is 36.6. The van der Waals surface area contributed by atoms with Crippen molar-refractivity contribution in [3.05, 3.63) is 48.6 Å². The van der Waals surface area contributed by atoms with Gasteiger partial charge in [0.05, 0.1) is 40.3 Å². The van der Waals surface area contributed by atoms with Gasteiger partial charge in [-0.2, -0.15) is 0 Å². The van der Waals surface area contributed by atoms with Gasteiger partial charge in [0.1, 0.15) is 13.2 Å². The lowest BCUT2D eigenvalue weighted by molar-refractivity contribution is -0.870. The van der Waals surface area contributed by atoms with Crippen LogP contribution in [0, 0.1) is 0 Å². The van der Waals surface area contributed by atoms with Crippen molar-refractivity contribution in [2.45, 2.75) is 309 Å².